The molecule has 1 aromatic carbocycles. The maximum atomic E-state index is 12.0. The number of Topliss-reactive ketones (excluding diaryl/α,β-unsaturated/α-hetero) is 1. The summed E-state index contributed by atoms with van der Waals surface area (Å²) >= 11 is 0. The monoisotopic (exact) mass is 357 g/mol. The molecule has 0 aliphatic carbocycles. The van der Waals surface area contributed by atoms with Gasteiger partial charge in [-0.3, -0.25) is 9.59 Å². The van der Waals surface area contributed by atoms with E-state index in [0.717, 1.165) is 11.0 Å². The quantitative estimate of drug-likeness (QED) is 0.626. The van der Waals surface area contributed by atoms with E-state index in [1.165, 1.54) is 6.92 Å². The van der Waals surface area contributed by atoms with Gasteiger partial charge in [0, 0.05) is 25.5 Å². The molecule has 0 aromatic heterocycles. The van der Waals surface area contributed by atoms with Crippen LogP contribution in [0.15, 0.2) is 29.7 Å². The van der Waals surface area contributed by atoms with Crippen LogP contribution in [0.1, 0.15) is 63.9 Å². The molecule has 1 fully saturated rings. The zero-order valence-corrected chi connectivity index (χ0v) is 16.5. The summed E-state index contributed by atoms with van der Waals surface area (Å²) in [5.74, 6) is -0.0263. The van der Waals surface area contributed by atoms with Crippen LogP contribution >= 0.6 is 0 Å². The van der Waals surface area contributed by atoms with E-state index in [2.05, 4.69) is 5.32 Å². The number of nitrogens with one attached hydrogen (secondary N) is 1. The van der Waals surface area contributed by atoms with Crippen LogP contribution in [-0.4, -0.2) is 36.6 Å². The van der Waals surface area contributed by atoms with Crippen molar-refractivity contribution in [3.63, 3.8) is 0 Å². The lowest BCUT2D eigenvalue weighted by molar-refractivity contribution is -0.118. The van der Waals surface area contributed by atoms with Gasteiger partial charge in [-0.1, -0.05) is 31.2 Å². The summed E-state index contributed by atoms with van der Waals surface area (Å²) in [4.78, 5) is 23.4. The topological polar surface area (TPSA) is 64.6 Å². The van der Waals surface area contributed by atoms with Crippen LogP contribution in [0.25, 0.3) is 6.08 Å². The van der Waals surface area contributed by atoms with E-state index in [9.17, 15) is 9.59 Å². The summed E-state index contributed by atoms with van der Waals surface area (Å²) in [6, 6.07) is 7.44. The van der Waals surface area contributed by atoms with Crippen LogP contribution in [0.3, 0.4) is 0 Å². The van der Waals surface area contributed by atoms with Gasteiger partial charge in [0.1, 0.15) is 0 Å². The molecule has 0 atom stereocenters. The maximum Gasteiger partial charge on any atom is 0.492 e. The number of hydrogen-bond donors (Lipinski definition) is 1. The largest absolute Gasteiger partial charge is 0.492 e. The summed E-state index contributed by atoms with van der Waals surface area (Å²) in [6.07, 6.45) is 2.38. The van der Waals surface area contributed by atoms with Gasteiger partial charge in [0.05, 0.1) is 11.2 Å². The van der Waals surface area contributed by atoms with Gasteiger partial charge < -0.3 is 14.6 Å². The molecular formula is C20H28BNO4. The van der Waals surface area contributed by atoms with Crippen molar-refractivity contribution < 1.29 is 18.9 Å². The second-order valence-electron chi connectivity index (χ2n) is 7.62. The fourth-order valence-electron chi connectivity index (χ4n) is 2.64. The minimum atomic E-state index is -0.558. The van der Waals surface area contributed by atoms with Crippen molar-refractivity contribution in [1.29, 1.82) is 0 Å². The highest BCUT2D eigenvalue weighted by Crippen LogP contribution is 2.38. The molecule has 0 unspecified atom stereocenters. The van der Waals surface area contributed by atoms with E-state index in [1.807, 2.05) is 65.0 Å². The Morgan fingerprint density at radius 2 is 1.77 bits per heavy atom. The fraction of sp³-hybridized carbons (Fsp3) is 0.500. The highest BCUT2D eigenvalue weighted by atomic mass is 16.7. The molecule has 0 radical (unpaired) electrons. The number of carbonyl (C=O) groups excluding carboxylic acids is 2. The first-order chi connectivity index (χ1) is 12.1. The normalized spacial score (nSPS) is 18.7. The third-order valence-corrected chi connectivity index (χ3v) is 4.98. The van der Waals surface area contributed by atoms with E-state index in [4.69, 9.17) is 9.31 Å². The van der Waals surface area contributed by atoms with Gasteiger partial charge in [-0.05, 0) is 44.8 Å². The third kappa shape index (κ3) is 4.62. The molecule has 0 saturated carbocycles. The summed E-state index contributed by atoms with van der Waals surface area (Å²) in [6.45, 7) is 11.6. The lowest BCUT2D eigenvalue weighted by Gasteiger charge is -2.32. The summed E-state index contributed by atoms with van der Waals surface area (Å²) in [5.41, 5.74) is 1.42. The van der Waals surface area contributed by atoms with Crippen molar-refractivity contribution in [2.75, 3.05) is 6.54 Å². The van der Waals surface area contributed by atoms with Crippen molar-refractivity contribution in [2.45, 2.75) is 59.2 Å². The number of amides is 1. The van der Waals surface area contributed by atoms with E-state index >= 15 is 0 Å². The van der Waals surface area contributed by atoms with Crippen LogP contribution in [0.5, 0.6) is 0 Å². The van der Waals surface area contributed by atoms with Gasteiger partial charge in [-0.2, -0.15) is 0 Å². The highest BCUT2D eigenvalue weighted by molar-refractivity contribution is 6.56. The SMILES string of the molecule is CCC(=O)c1cccc(C=C(CNC(C)=O)B2OC(C)(C)C(C)(C)O2)c1. The number of ketones is 1. The Kier molecular flexibility index (Phi) is 6.09. The van der Waals surface area contributed by atoms with Crippen molar-refractivity contribution in [2.24, 2.45) is 0 Å². The molecule has 1 aromatic rings. The van der Waals surface area contributed by atoms with Crippen LogP contribution in [0, 0.1) is 0 Å². The van der Waals surface area contributed by atoms with Crippen LogP contribution in [0.4, 0.5) is 0 Å². The average molecular weight is 357 g/mol. The van der Waals surface area contributed by atoms with Gasteiger partial charge in [-0.15, -0.1) is 0 Å². The molecule has 1 amide bonds. The zero-order valence-electron chi connectivity index (χ0n) is 16.5. The van der Waals surface area contributed by atoms with Crippen molar-refractivity contribution in [1.82, 2.24) is 5.32 Å². The van der Waals surface area contributed by atoms with E-state index in [-0.39, 0.29) is 11.7 Å². The average Bonchev–Trinajstić information content (AvgIpc) is 2.78. The number of rotatable bonds is 6. The third-order valence-electron chi connectivity index (χ3n) is 4.98. The lowest BCUT2D eigenvalue weighted by atomic mass is 9.77. The van der Waals surface area contributed by atoms with Crippen molar-refractivity contribution in [3.8, 4) is 0 Å². The smallest absolute Gasteiger partial charge is 0.400 e. The molecule has 140 valence electrons. The molecule has 5 nitrogen and oxygen atoms in total. The zero-order chi connectivity index (χ0) is 19.5. The number of benzene rings is 1. The first-order valence-corrected chi connectivity index (χ1v) is 8.99. The minimum Gasteiger partial charge on any atom is -0.400 e. The van der Waals surface area contributed by atoms with Crippen LogP contribution < -0.4 is 5.32 Å². The molecule has 1 aliphatic heterocycles. The van der Waals surface area contributed by atoms with Gasteiger partial charge in [-0.25, -0.2) is 0 Å². The molecule has 1 heterocycles. The highest BCUT2D eigenvalue weighted by Gasteiger charge is 2.52. The van der Waals surface area contributed by atoms with E-state index in [0.29, 0.717) is 18.5 Å². The molecule has 0 bridgehead atoms. The van der Waals surface area contributed by atoms with Crippen molar-refractivity contribution >= 4 is 24.9 Å². The Morgan fingerprint density at radius 3 is 2.31 bits per heavy atom. The van der Waals surface area contributed by atoms with E-state index in [1.54, 1.807) is 0 Å². The number of hydrogen-bond acceptors (Lipinski definition) is 4. The van der Waals surface area contributed by atoms with Crippen LogP contribution in [-0.2, 0) is 14.1 Å². The Hall–Kier alpha value is -1.92. The van der Waals surface area contributed by atoms with Gasteiger partial charge in [0.25, 0.3) is 0 Å². The summed E-state index contributed by atoms with van der Waals surface area (Å²) < 4.78 is 12.2. The Bertz CT molecular complexity index is 708. The Labute approximate surface area is 156 Å². The molecule has 1 aliphatic rings. The standard InChI is InChI=1S/C20H28BNO4/c1-7-18(24)16-10-8-9-15(11-16)12-17(13-22-14(2)23)21-25-19(3,4)20(5,6)26-21/h8-12H,7,13H2,1-6H3,(H,22,23). The van der Waals surface area contributed by atoms with Crippen LogP contribution in [0.2, 0.25) is 0 Å². The van der Waals surface area contributed by atoms with Gasteiger partial charge in [0.15, 0.2) is 5.78 Å². The molecule has 1 N–H and O–H groups in total. The molecule has 26 heavy (non-hydrogen) atoms. The second-order valence-corrected chi connectivity index (χ2v) is 7.62. The lowest BCUT2D eigenvalue weighted by Crippen LogP contribution is -2.41. The second kappa shape index (κ2) is 7.76. The summed E-state index contributed by atoms with van der Waals surface area (Å²) in [5, 5.41) is 2.81. The molecule has 6 heteroatoms. The Morgan fingerprint density at radius 1 is 1.15 bits per heavy atom. The van der Waals surface area contributed by atoms with Crippen molar-refractivity contribution in [3.05, 3.63) is 40.9 Å². The van der Waals surface area contributed by atoms with Gasteiger partial charge >= 0.3 is 7.12 Å². The first kappa shape index (κ1) is 20.4. The fourth-order valence-corrected chi connectivity index (χ4v) is 2.64. The predicted octanol–water partition coefficient (Wildman–Crippen LogP) is 3.43. The molecular weight excluding hydrogens is 329 g/mol. The summed E-state index contributed by atoms with van der Waals surface area (Å²) in [7, 11) is -0.558. The predicted molar refractivity (Wildman–Crippen MR) is 104 cm³/mol. The Balaban J connectivity index is 2.35. The van der Waals surface area contributed by atoms with Gasteiger partial charge in [0.2, 0.25) is 5.91 Å². The molecule has 0 spiro atoms. The first-order valence-electron chi connectivity index (χ1n) is 8.99. The number of carbonyl (C=O) groups is 2. The minimum absolute atomic E-state index is 0.0966. The van der Waals surface area contributed by atoms with E-state index < -0.39 is 18.3 Å². The molecule has 2 rings (SSSR count). The maximum absolute atomic E-state index is 12.0. The molecule has 1 saturated heterocycles.